The predicted octanol–water partition coefficient (Wildman–Crippen LogP) is 3.75. The topological polar surface area (TPSA) is 58.6 Å². The molecule has 1 atom stereocenters. The summed E-state index contributed by atoms with van der Waals surface area (Å²) in [7, 11) is 0. The molecule has 1 N–H and O–H groups in total. The van der Waals surface area contributed by atoms with Crippen LogP contribution in [-0.4, -0.2) is 22.9 Å². The van der Waals surface area contributed by atoms with Crippen LogP contribution in [0.4, 0.5) is 4.79 Å². The van der Waals surface area contributed by atoms with Crippen LogP contribution in [0.2, 0.25) is 0 Å². The van der Waals surface area contributed by atoms with Crippen molar-refractivity contribution in [2.24, 2.45) is 0 Å². The van der Waals surface area contributed by atoms with Gasteiger partial charge in [0.05, 0.1) is 12.6 Å². The van der Waals surface area contributed by atoms with Crippen LogP contribution in [0.1, 0.15) is 37.5 Å². The molecule has 26 heavy (non-hydrogen) atoms. The number of benzene rings is 2. The summed E-state index contributed by atoms with van der Waals surface area (Å²) >= 11 is 0. The van der Waals surface area contributed by atoms with E-state index in [-0.39, 0.29) is 24.6 Å². The summed E-state index contributed by atoms with van der Waals surface area (Å²) in [5, 5.41) is 2.84. The summed E-state index contributed by atoms with van der Waals surface area (Å²) in [5.74, 6) is 0.479. The molecule has 5 nitrogen and oxygen atoms in total. The highest BCUT2D eigenvalue weighted by Crippen LogP contribution is 2.30. The number of amides is 3. The van der Waals surface area contributed by atoms with Gasteiger partial charge in [-0.1, -0.05) is 42.0 Å². The molecule has 2 aromatic rings. The first-order valence-corrected chi connectivity index (χ1v) is 8.76. The Bertz CT molecular complexity index is 829. The van der Waals surface area contributed by atoms with Crippen LogP contribution >= 0.6 is 0 Å². The molecule has 136 valence electrons. The SMILES string of the molecule is Cc1ccc(C2(C)NC(=O)N(Cc3cccc(OC(C)C)c3)C2=O)cc1. The number of hydrogen-bond acceptors (Lipinski definition) is 3. The fraction of sp³-hybridized carbons (Fsp3) is 0.333. The maximum Gasteiger partial charge on any atom is 0.325 e. The van der Waals surface area contributed by atoms with Gasteiger partial charge < -0.3 is 10.1 Å². The lowest BCUT2D eigenvalue weighted by Crippen LogP contribution is -2.40. The number of aryl methyl sites for hydroxylation is 1. The second-order valence-corrected chi connectivity index (χ2v) is 7.13. The van der Waals surface area contributed by atoms with E-state index in [0.717, 1.165) is 22.4 Å². The molecule has 1 aliphatic rings. The van der Waals surface area contributed by atoms with E-state index in [0.29, 0.717) is 0 Å². The van der Waals surface area contributed by atoms with Gasteiger partial charge in [0.25, 0.3) is 5.91 Å². The molecule has 0 aliphatic carbocycles. The van der Waals surface area contributed by atoms with Crippen molar-refractivity contribution in [3.05, 3.63) is 65.2 Å². The minimum Gasteiger partial charge on any atom is -0.491 e. The highest BCUT2D eigenvalue weighted by Gasteiger charge is 2.48. The summed E-state index contributed by atoms with van der Waals surface area (Å²) < 4.78 is 5.69. The Balaban J connectivity index is 1.82. The third kappa shape index (κ3) is 3.43. The first-order valence-electron chi connectivity index (χ1n) is 8.76. The molecule has 0 bridgehead atoms. The normalized spacial score (nSPS) is 19.8. The minimum absolute atomic E-state index is 0.0618. The lowest BCUT2D eigenvalue weighted by atomic mass is 9.91. The van der Waals surface area contributed by atoms with E-state index >= 15 is 0 Å². The molecule has 1 fully saturated rings. The third-order valence-corrected chi connectivity index (χ3v) is 4.51. The predicted molar refractivity (Wildman–Crippen MR) is 99.8 cm³/mol. The van der Waals surface area contributed by atoms with Gasteiger partial charge in [0.1, 0.15) is 11.3 Å². The minimum atomic E-state index is -1.04. The van der Waals surface area contributed by atoms with Crippen molar-refractivity contribution in [3.8, 4) is 5.75 Å². The van der Waals surface area contributed by atoms with E-state index in [4.69, 9.17) is 4.74 Å². The van der Waals surface area contributed by atoms with Gasteiger partial charge in [-0.25, -0.2) is 4.79 Å². The summed E-state index contributed by atoms with van der Waals surface area (Å²) in [6.07, 6.45) is 0.0618. The third-order valence-electron chi connectivity index (χ3n) is 4.51. The van der Waals surface area contributed by atoms with E-state index < -0.39 is 5.54 Å². The number of nitrogens with one attached hydrogen (secondary N) is 1. The van der Waals surface area contributed by atoms with Gasteiger partial charge in [-0.05, 0) is 51.0 Å². The van der Waals surface area contributed by atoms with E-state index in [2.05, 4.69) is 5.32 Å². The van der Waals surface area contributed by atoms with Crippen molar-refractivity contribution >= 4 is 11.9 Å². The van der Waals surface area contributed by atoms with Crippen molar-refractivity contribution in [3.63, 3.8) is 0 Å². The number of urea groups is 1. The van der Waals surface area contributed by atoms with Gasteiger partial charge in [0, 0.05) is 0 Å². The van der Waals surface area contributed by atoms with Crippen LogP contribution in [0.5, 0.6) is 5.75 Å². The summed E-state index contributed by atoms with van der Waals surface area (Å²) in [6.45, 7) is 7.85. The van der Waals surface area contributed by atoms with Crippen LogP contribution in [0, 0.1) is 6.92 Å². The number of rotatable bonds is 5. The largest absolute Gasteiger partial charge is 0.491 e. The van der Waals surface area contributed by atoms with Crippen molar-refractivity contribution in [2.45, 2.75) is 45.9 Å². The van der Waals surface area contributed by atoms with Crippen LogP contribution in [-0.2, 0) is 16.9 Å². The van der Waals surface area contributed by atoms with E-state index in [1.54, 1.807) is 6.92 Å². The molecule has 0 radical (unpaired) electrons. The molecular formula is C21H24N2O3. The number of carbonyl (C=O) groups is 2. The maximum absolute atomic E-state index is 13.0. The highest BCUT2D eigenvalue weighted by molar-refractivity contribution is 6.07. The number of hydrogen-bond donors (Lipinski definition) is 1. The molecule has 5 heteroatoms. The first kappa shape index (κ1) is 18.0. The molecular weight excluding hydrogens is 328 g/mol. The molecule has 1 saturated heterocycles. The van der Waals surface area contributed by atoms with Gasteiger partial charge in [0.15, 0.2) is 0 Å². The summed E-state index contributed by atoms with van der Waals surface area (Å²) in [4.78, 5) is 26.7. The summed E-state index contributed by atoms with van der Waals surface area (Å²) in [6, 6.07) is 14.7. The van der Waals surface area contributed by atoms with Crippen LogP contribution < -0.4 is 10.1 Å². The molecule has 1 heterocycles. The van der Waals surface area contributed by atoms with E-state index in [1.165, 1.54) is 4.90 Å². The molecule has 0 spiro atoms. The number of nitrogens with zero attached hydrogens (tertiary/aromatic N) is 1. The van der Waals surface area contributed by atoms with Gasteiger partial charge >= 0.3 is 6.03 Å². The molecule has 0 saturated carbocycles. The zero-order valence-electron chi connectivity index (χ0n) is 15.6. The van der Waals surface area contributed by atoms with Crippen LogP contribution in [0.15, 0.2) is 48.5 Å². The van der Waals surface area contributed by atoms with Gasteiger partial charge in [0.2, 0.25) is 0 Å². The standard InChI is InChI=1S/C21H24N2O3/c1-14(2)26-18-7-5-6-16(12-18)13-23-19(24)21(4,22-20(23)25)17-10-8-15(3)9-11-17/h5-12,14H,13H2,1-4H3,(H,22,25). The average Bonchev–Trinajstić information content (AvgIpc) is 2.79. The van der Waals surface area contributed by atoms with Crippen LogP contribution in [0.25, 0.3) is 0 Å². The summed E-state index contributed by atoms with van der Waals surface area (Å²) in [5.41, 5.74) is 1.69. The molecule has 3 amide bonds. The first-order chi connectivity index (χ1) is 12.3. The lowest BCUT2D eigenvalue weighted by molar-refractivity contribution is -0.131. The van der Waals surface area contributed by atoms with Crippen LogP contribution in [0.3, 0.4) is 0 Å². The maximum atomic E-state index is 13.0. The monoisotopic (exact) mass is 352 g/mol. The lowest BCUT2D eigenvalue weighted by Gasteiger charge is -2.22. The molecule has 1 unspecified atom stereocenters. The highest BCUT2D eigenvalue weighted by atomic mass is 16.5. The Labute approximate surface area is 154 Å². The van der Waals surface area contributed by atoms with Gasteiger partial charge in [-0.3, -0.25) is 9.69 Å². The Morgan fingerprint density at radius 3 is 2.46 bits per heavy atom. The zero-order valence-corrected chi connectivity index (χ0v) is 15.6. The molecule has 0 aromatic heterocycles. The number of carbonyl (C=O) groups excluding carboxylic acids is 2. The van der Waals surface area contributed by atoms with Crippen molar-refractivity contribution in [2.75, 3.05) is 0 Å². The molecule has 2 aromatic carbocycles. The zero-order chi connectivity index (χ0) is 18.9. The van der Waals surface area contributed by atoms with Crippen molar-refractivity contribution < 1.29 is 14.3 Å². The second kappa shape index (κ2) is 6.83. The smallest absolute Gasteiger partial charge is 0.325 e. The fourth-order valence-electron chi connectivity index (χ4n) is 3.09. The Morgan fingerprint density at radius 2 is 1.81 bits per heavy atom. The Kier molecular flexibility index (Phi) is 4.72. The average molecular weight is 352 g/mol. The number of imide groups is 1. The van der Waals surface area contributed by atoms with E-state index in [9.17, 15) is 9.59 Å². The van der Waals surface area contributed by atoms with E-state index in [1.807, 2.05) is 69.3 Å². The van der Waals surface area contributed by atoms with Crippen molar-refractivity contribution in [1.29, 1.82) is 0 Å². The van der Waals surface area contributed by atoms with Crippen molar-refractivity contribution in [1.82, 2.24) is 10.2 Å². The Morgan fingerprint density at radius 1 is 1.12 bits per heavy atom. The number of ether oxygens (including phenoxy) is 1. The molecule has 3 rings (SSSR count). The van der Waals surface area contributed by atoms with Gasteiger partial charge in [-0.15, -0.1) is 0 Å². The quantitative estimate of drug-likeness (QED) is 0.834. The fourth-order valence-corrected chi connectivity index (χ4v) is 3.09. The Hall–Kier alpha value is -2.82. The van der Waals surface area contributed by atoms with Gasteiger partial charge in [-0.2, -0.15) is 0 Å². The second-order valence-electron chi connectivity index (χ2n) is 7.13. The molecule has 1 aliphatic heterocycles.